The van der Waals surface area contributed by atoms with Crippen LogP contribution in [0.25, 0.3) is 22.1 Å². The van der Waals surface area contributed by atoms with Crippen LogP contribution in [-0.4, -0.2) is 51.9 Å². The second kappa shape index (κ2) is 7.11. The monoisotopic (exact) mass is 403 g/mol. The van der Waals surface area contributed by atoms with Gasteiger partial charge < -0.3 is 14.2 Å². The van der Waals surface area contributed by atoms with Crippen LogP contribution in [0.15, 0.2) is 59.3 Å². The number of carbonyl (C=O) groups excluding carboxylic acids is 1. The molecule has 30 heavy (non-hydrogen) atoms. The van der Waals surface area contributed by atoms with Gasteiger partial charge in [0.25, 0.3) is 11.6 Å². The summed E-state index contributed by atoms with van der Waals surface area (Å²) in [7, 11) is 0. The molecular formula is C21H17N5O4. The van der Waals surface area contributed by atoms with Crippen LogP contribution in [0.4, 0.5) is 11.5 Å². The van der Waals surface area contributed by atoms with Crippen molar-refractivity contribution in [2.45, 2.75) is 0 Å². The minimum Gasteiger partial charge on any atom is -0.450 e. The second-order valence-electron chi connectivity index (χ2n) is 7.06. The lowest BCUT2D eigenvalue weighted by Gasteiger charge is -2.35. The minimum absolute atomic E-state index is 0.0324. The molecule has 1 aliphatic rings. The van der Waals surface area contributed by atoms with E-state index in [1.165, 1.54) is 30.6 Å². The number of amides is 1. The first-order chi connectivity index (χ1) is 14.6. The zero-order valence-corrected chi connectivity index (χ0v) is 15.9. The molecular weight excluding hydrogens is 386 g/mol. The molecule has 1 aliphatic heterocycles. The van der Waals surface area contributed by atoms with Crippen LogP contribution in [0.5, 0.6) is 0 Å². The van der Waals surface area contributed by atoms with Gasteiger partial charge in [-0.05, 0) is 24.3 Å². The Morgan fingerprint density at radius 1 is 1.00 bits per heavy atom. The Kier molecular flexibility index (Phi) is 4.27. The number of nitro benzene ring substituents is 1. The van der Waals surface area contributed by atoms with Crippen LogP contribution >= 0.6 is 0 Å². The fraction of sp³-hybridized carbons (Fsp3) is 0.190. The van der Waals surface area contributed by atoms with E-state index >= 15 is 0 Å². The third-order valence-electron chi connectivity index (χ3n) is 5.33. The number of benzene rings is 2. The van der Waals surface area contributed by atoms with E-state index in [1.54, 1.807) is 4.90 Å². The van der Waals surface area contributed by atoms with Gasteiger partial charge >= 0.3 is 0 Å². The molecule has 1 amide bonds. The van der Waals surface area contributed by atoms with Gasteiger partial charge in [0.2, 0.25) is 0 Å². The van der Waals surface area contributed by atoms with Crippen molar-refractivity contribution in [2.24, 2.45) is 0 Å². The normalized spacial score (nSPS) is 14.4. The molecule has 1 saturated heterocycles. The fourth-order valence-corrected chi connectivity index (χ4v) is 3.77. The molecule has 150 valence electrons. The molecule has 1 fully saturated rings. The summed E-state index contributed by atoms with van der Waals surface area (Å²) in [6.45, 7) is 2.23. The summed E-state index contributed by atoms with van der Waals surface area (Å²) >= 11 is 0. The standard InChI is InChI=1S/C21H17N5O4/c27-21(14-5-7-15(8-6-14)26(28)29)25-11-9-24(10-12-25)20-19-18(22-13-23-20)16-3-1-2-4-17(16)30-19/h1-8,13H,9-12H2. The largest absolute Gasteiger partial charge is 0.450 e. The molecule has 0 aliphatic carbocycles. The van der Waals surface area contributed by atoms with Crippen molar-refractivity contribution >= 4 is 39.5 Å². The first kappa shape index (κ1) is 18.0. The summed E-state index contributed by atoms with van der Waals surface area (Å²) in [5.74, 6) is 0.583. The lowest BCUT2D eigenvalue weighted by atomic mass is 10.1. The Bertz CT molecular complexity index is 1260. The van der Waals surface area contributed by atoms with E-state index in [2.05, 4.69) is 14.9 Å². The molecule has 0 radical (unpaired) electrons. The number of furan rings is 1. The SMILES string of the molecule is O=C(c1ccc([N+](=O)[O-])cc1)N1CCN(c2ncnc3c2oc2ccccc23)CC1. The van der Waals surface area contributed by atoms with Gasteiger partial charge in [0, 0.05) is 49.3 Å². The Hall–Kier alpha value is -4.01. The molecule has 4 aromatic rings. The number of hydrogen-bond donors (Lipinski definition) is 0. The van der Waals surface area contributed by atoms with Crippen molar-refractivity contribution in [1.29, 1.82) is 0 Å². The second-order valence-corrected chi connectivity index (χ2v) is 7.06. The van der Waals surface area contributed by atoms with Crippen molar-refractivity contribution in [3.05, 3.63) is 70.5 Å². The molecule has 0 bridgehead atoms. The zero-order chi connectivity index (χ0) is 20.7. The summed E-state index contributed by atoms with van der Waals surface area (Å²) in [4.78, 5) is 35.7. The van der Waals surface area contributed by atoms with E-state index in [0.717, 1.165) is 22.3 Å². The van der Waals surface area contributed by atoms with Crippen molar-refractivity contribution in [1.82, 2.24) is 14.9 Å². The van der Waals surface area contributed by atoms with Crippen LogP contribution in [0.3, 0.4) is 0 Å². The number of non-ortho nitro benzene ring substituents is 1. The van der Waals surface area contributed by atoms with Crippen LogP contribution in [0.1, 0.15) is 10.4 Å². The Labute approximate surface area is 170 Å². The number of anilines is 1. The molecule has 0 N–H and O–H groups in total. The van der Waals surface area contributed by atoms with Crippen molar-refractivity contribution in [3.8, 4) is 0 Å². The minimum atomic E-state index is -0.479. The molecule has 0 spiro atoms. The maximum Gasteiger partial charge on any atom is 0.269 e. The van der Waals surface area contributed by atoms with Gasteiger partial charge in [0.05, 0.1) is 4.92 Å². The average molecular weight is 403 g/mol. The molecule has 2 aromatic heterocycles. The molecule has 0 atom stereocenters. The number of fused-ring (bicyclic) bond motifs is 3. The quantitative estimate of drug-likeness (QED) is 0.382. The van der Waals surface area contributed by atoms with Crippen LogP contribution in [-0.2, 0) is 0 Å². The molecule has 9 heteroatoms. The Morgan fingerprint density at radius 3 is 2.47 bits per heavy atom. The highest BCUT2D eigenvalue weighted by Gasteiger charge is 2.25. The third kappa shape index (κ3) is 3.00. The molecule has 5 rings (SSSR count). The Morgan fingerprint density at radius 2 is 1.73 bits per heavy atom. The first-order valence-corrected chi connectivity index (χ1v) is 9.53. The highest BCUT2D eigenvalue weighted by molar-refractivity contribution is 6.05. The van der Waals surface area contributed by atoms with Crippen LogP contribution in [0.2, 0.25) is 0 Å². The third-order valence-corrected chi connectivity index (χ3v) is 5.33. The van der Waals surface area contributed by atoms with Crippen molar-refractivity contribution in [2.75, 3.05) is 31.1 Å². The van der Waals surface area contributed by atoms with E-state index in [-0.39, 0.29) is 11.6 Å². The zero-order valence-electron chi connectivity index (χ0n) is 15.9. The smallest absolute Gasteiger partial charge is 0.269 e. The van der Waals surface area contributed by atoms with E-state index in [0.29, 0.717) is 37.3 Å². The lowest BCUT2D eigenvalue weighted by Crippen LogP contribution is -2.49. The van der Waals surface area contributed by atoms with E-state index in [1.807, 2.05) is 24.3 Å². The first-order valence-electron chi connectivity index (χ1n) is 9.53. The highest BCUT2D eigenvalue weighted by atomic mass is 16.6. The molecule has 2 aromatic carbocycles. The van der Waals surface area contributed by atoms with Gasteiger partial charge in [-0.1, -0.05) is 12.1 Å². The summed E-state index contributed by atoms with van der Waals surface area (Å²) < 4.78 is 6.01. The maximum absolute atomic E-state index is 12.7. The van der Waals surface area contributed by atoms with Gasteiger partial charge in [0.15, 0.2) is 11.4 Å². The molecule has 9 nitrogen and oxygen atoms in total. The summed E-state index contributed by atoms with van der Waals surface area (Å²) in [6, 6.07) is 13.4. The fourth-order valence-electron chi connectivity index (χ4n) is 3.77. The summed E-state index contributed by atoms with van der Waals surface area (Å²) in [5, 5.41) is 11.7. The van der Waals surface area contributed by atoms with Gasteiger partial charge in [-0.15, -0.1) is 0 Å². The van der Waals surface area contributed by atoms with Crippen LogP contribution < -0.4 is 4.90 Å². The predicted molar refractivity (Wildman–Crippen MR) is 111 cm³/mol. The highest BCUT2D eigenvalue weighted by Crippen LogP contribution is 2.32. The van der Waals surface area contributed by atoms with E-state index < -0.39 is 4.92 Å². The number of carbonyl (C=O) groups is 1. The lowest BCUT2D eigenvalue weighted by molar-refractivity contribution is -0.384. The van der Waals surface area contributed by atoms with Gasteiger partial charge in [-0.3, -0.25) is 14.9 Å². The topological polar surface area (TPSA) is 106 Å². The Balaban J connectivity index is 1.35. The maximum atomic E-state index is 12.7. The number of piperazine rings is 1. The average Bonchev–Trinajstić information content (AvgIpc) is 3.18. The van der Waals surface area contributed by atoms with Gasteiger partial charge in [-0.25, -0.2) is 9.97 Å². The molecule has 0 saturated carbocycles. The summed E-state index contributed by atoms with van der Waals surface area (Å²) in [5.41, 5.74) is 2.60. The number of para-hydroxylation sites is 1. The van der Waals surface area contributed by atoms with Crippen LogP contribution in [0, 0.1) is 10.1 Å². The number of nitrogens with zero attached hydrogens (tertiary/aromatic N) is 5. The number of rotatable bonds is 3. The van der Waals surface area contributed by atoms with E-state index in [9.17, 15) is 14.9 Å². The molecule has 0 unspecified atom stereocenters. The number of aromatic nitrogens is 2. The predicted octanol–water partition coefficient (Wildman–Crippen LogP) is 3.25. The van der Waals surface area contributed by atoms with Gasteiger partial charge in [0.1, 0.15) is 17.4 Å². The van der Waals surface area contributed by atoms with Gasteiger partial charge in [-0.2, -0.15) is 0 Å². The number of hydrogen-bond acceptors (Lipinski definition) is 7. The summed E-state index contributed by atoms with van der Waals surface area (Å²) in [6.07, 6.45) is 1.54. The van der Waals surface area contributed by atoms with Crippen molar-refractivity contribution < 1.29 is 14.1 Å². The molecule has 3 heterocycles. The van der Waals surface area contributed by atoms with E-state index in [4.69, 9.17) is 4.42 Å². The number of nitro groups is 1. The van der Waals surface area contributed by atoms with Crippen molar-refractivity contribution in [3.63, 3.8) is 0 Å².